The first-order chi connectivity index (χ1) is 13.7. The van der Waals surface area contributed by atoms with Gasteiger partial charge in [0.2, 0.25) is 0 Å². The molecular weight excluding hydrogens is 348 g/mol. The molecule has 0 aliphatic heterocycles. The Morgan fingerprint density at radius 1 is 0.786 bits per heavy atom. The number of rotatable bonds is 5. The van der Waals surface area contributed by atoms with Gasteiger partial charge in [0.15, 0.2) is 5.82 Å². The van der Waals surface area contributed by atoms with Crippen molar-refractivity contribution in [3.63, 3.8) is 0 Å². The molecule has 0 atom stereocenters. The third-order valence-corrected chi connectivity index (χ3v) is 5.34. The summed E-state index contributed by atoms with van der Waals surface area (Å²) in [5.41, 5.74) is 4.22. The molecule has 0 bridgehead atoms. The number of aromatic nitrogens is 4. The van der Waals surface area contributed by atoms with Crippen molar-refractivity contribution in [1.29, 1.82) is 0 Å². The molecule has 1 aliphatic rings. The fraction of sp³-hybridized carbons (Fsp3) is 0.174. The number of ether oxygens (including phenoxy) is 1. The van der Waals surface area contributed by atoms with E-state index in [-0.39, 0.29) is 5.41 Å². The minimum absolute atomic E-state index is 0.173. The molecule has 5 heteroatoms. The largest absolute Gasteiger partial charge is 0.456 e. The van der Waals surface area contributed by atoms with Crippen LogP contribution in [0.3, 0.4) is 0 Å². The predicted octanol–water partition coefficient (Wildman–Crippen LogP) is 4.84. The lowest BCUT2D eigenvalue weighted by atomic mass is 9.88. The Balaban J connectivity index is 1.32. The maximum Gasteiger partial charge on any atom is 0.174 e. The Morgan fingerprint density at radius 3 is 1.96 bits per heavy atom. The monoisotopic (exact) mass is 368 g/mol. The van der Waals surface area contributed by atoms with Crippen LogP contribution in [-0.2, 0) is 5.41 Å². The van der Waals surface area contributed by atoms with Crippen molar-refractivity contribution in [1.82, 2.24) is 20.0 Å². The molecule has 2 aromatic carbocycles. The summed E-state index contributed by atoms with van der Waals surface area (Å²) in [6.07, 6.45) is 7.32. The number of nitrogens with zero attached hydrogens (tertiary/aromatic N) is 4. The first kappa shape index (κ1) is 16.7. The fourth-order valence-electron chi connectivity index (χ4n) is 3.60. The van der Waals surface area contributed by atoms with E-state index in [4.69, 9.17) is 4.74 Å². The van der Waals surface area contributed by atoms with Gasteiger partial charge in [0, 0.05) is 5.41 Å². The molecule has 5 nitrogen and oxygen atoms in total. The molecule has 5 rings (SSSR count). The zero-order chi connectivity index (χ0) is 19.0. The van der Waals surface area contributed by atoms with Gasteiger partial charge in [-0.3, -0.25) is 0 Å². The van der Waals surface area contributed by atoms with Crippen LogP contribution in [0.5, 0.6) is 11.5 Å². The minimum Gasteiger partial charge on any atom is -0.456 e. The van der Waals surface area contributed by atoms with Gasteiger partial charge in [-0.15, -0.1) is 4.80 Å². The molecule has 0 unspecified atom stereocenters. The number of pyridine rings is 1. The zero-order valence-corrected chi connectivity index (χ0v) is 15.6. The van der Waals surface area contributed by atoms with Crippen molar-refractivity contribution in [3.8, 4) is 17.3 Å². The lowest BCUT2D eigenvalue weighted by molar-refractivity contribution is 0.479. The maximum absolute atomic E-state index is 5.95. The van der Waals surface area contributed by atoms with E-state index < -0.39 is 0 Å². The lowest BCUT2D eigenvalue weighted by Crippen LogP contribution is -2.08. The average Bonchev–Trinajstić information content (AvgIpc) is 3.35. The van der Waals surface area contributed by atoms with Crippen molar-refractivity contribution in [2.75, 3.05) is 0 Å². The molecule has 0 radical (unpaired) electrons. The molecule has 2 heterocycles. The second-order valence-corrected chi connectivity index (χ2v) is 7.25. The molecule has 1 aliphatic carbocycles. The Labute approximate surface area is 163 Å². The Morgan fingerprint density at radius 2 is 1.39 bits per heavy atom. The van der Waals surface area contributed by atoms with Crippen molar-refractivity contribution in [2.24, 2.45) is 0 Å². The SMILES string of the molecule is Cc1ccc(C2(c3ccc(Oc4ccc(-n5nccn5)nc4)cc3)CC2)cc1. The third kappa shape index (κ3) is 3.05. The number of aryl methyl sites for hydroxylation is 1. The van der Waals surface area contributed by atoms with Crippen LogP contribution in [0.15, 0.2) is 79.3 Å². The smallest absolute Gasteiger partial charge is 0.174 e. The van der Waals surface area contributed by atoms with E-state index in [1.54, 1.807) is 18.6 Å². The van der Waals surface area contributed by atoms with Gasteiger partial charge < -0.3 is 4.74 Å². The first-order valence-corrected chi connectivity index (χ1v) is 9.41. The number of hydrogen-bond acceptors (Lipinski definition) is 4. The molecule has 0 saturated heterocycles. The van der Waals surface area contributed by atoms with Crippen LogP contribution in [0.1, 0.15) is 29.5 Å². The summed E-state index contributed by atoms with van der Waals surface area (Å²) in [4.78, 5) is 5.81. The van der Waals surface area contributed by atoms with E-state index in [1.165, 1.54) is 34.3 Å². The van der Waals surface area contributed by atoms with Gasteiger partial charge in [-0.05, 0) is 55.2 Å². The van der Waals surface area contributed by atoms with Crippen LogP contribution >= 0.6 is 0 Å². The molecule has 1 saturated carbocycles. The van der Waals surface area contributed by atoms with Gasteiger partial charge in [-0.2, -0.15) is 10.2 Å². The topological polar surface area (TPSA) is 52.8 Å². The van der Waals surface area contributed by atoms with Crippen LogP contribution in [0.25, 0.3) is 5.82 Å². The van der Waals surface area contributed by atoms with Gasteiger partial charge >= 0.3 is 0 Å². The summed E-state index contributed by atoms with van der Waals surface area (Å²) in [6.45, 7) is 2.13. The van der Waals surface area contributed by atoms with Gasteiger partial charge in [-0.25, -0.2) is 4.98 Å². The molecule has 1 fully saturated rings. The summed E-state index contributed by atoms with van der Waals surface area (Å²) in [5, 5.41) is 8.14. The van der Waals surface area contributed by atoms with Gasteiger partial charge in [0.1, 0.15) is 11.5 Å². The highest BCUT2D eigenvalue weighted by atomic mass is 16.5. The van der Waals surface area contributed by atoms with Crippen molar-refractivity contribution in [2.45, 2.75) is 25.2 Å². The normalized spacial score (nSPS) is 14.6. The van der Waals surface area contributed by atoms with E-state index in [1.807, 2.05) is 24.3 Å². The Bertz CT molecular complexity index is 1070. The van der Waals surface area contributed by atoms with Gasteiger partial charge in [0.25, 0.3) is 0 Å². The minimum atomic E-state index is 0.173. The van der Waals surface area contributed by atoms with Gasteiger partial charge in [-0.1, -0.05) is 42.0 Å². The van der Waals surface area contributed by atoms with E-state index in [9.17, 15) is 0 Å². The zero-order valence-electron chi connectivity index (χ0n) is 15.6. The third-order valence-electron chi connectivity index (χ3n) is 5.34. The molecule has 138 valence electrons. The first-order valence-electron chi connectivity index (χ1n) is 9.41. The van der Waals surface area contributed by atoms with Crippen molar-refractivity contribution < 1.29 is 4.74 Å². The second kappa shape index (κ2) is 6.60. The van der Waals surface area contributed by atoms with Crippen LogP contribution in [0.4, 0.5) is 0 Å². The van der Waals surface area contributed by atoms with Crippen molar-refractivity contribution >= 4 is 0 Å². The average molecular weight is 368 g/mol. The van der Waals surface area contributed by atoms with Crippen LogP contribution in [0.2, 0.25) is 0 Å². The highest BCUT2D eigenvalue weighted by Gasteiger charge is 2.45. The predicted molar refractivity (Wildman–Crippen MR) is 107 cm³/mol. The summed E-state index contributed by atoms with van der Waals surface area (Å²) in [6, 6.07) is 21.0. The fourth-order valence-corrected chi connectivity index (χ4v) is 3.60. The molecule has 2 aromatic heterocycles. The Kier molecular flexibility index (Phi) is 3.93. The molecule has 4 aromatic rings. The molecule has 0 spiro atoms. The molecule has 0 N–H and O–H groups in total. The van der Waals surface area contributed by atoms with Crippen LogP contribution < -0.4 is 4.74 Å². The number of benzene rings is 2. The summed E-state index contributed by atoms with van der Waals surface area (Å²) in [7, 11) is 0. The standard InChI is InChI=1S/C23H20N4O/c1-17-2-4-18(5-3-17)23(12-13-23)19-6-8-20(9-7-19)28-21-10-11-22(24-16-21)27-25-14-15-26-27/h2-11,14-16H,12-13H2,1H3. The molecule has 28 heavy (non-hydrogen) atoms. The van der Waals surface area contributed by atoms with E-state index >= 15 is 0 Å². The van der Waals surface area contributed by atoms with Crippen LogP contribution in [0, 0.1) is 6.92 Å². The van der Waals surface area contributed by atoms with E-state index in [0.717, 1.165) is 5.75 Å². The Hall–Kier alpha value is -3.47. The summed E-state index contributed by atoms with van der Waals surface area (Å²) >= 11 is 0. The molecular formula is C23H20N4O. The van der Waals surface area contributed by atoms with E-state index in [2.05, 4.69) is 58.5 Å². The lowest BCUT2D eigenvalue weighted by Gasteiger charge is -2.17. The van der Waals surface area contributed by atoms with E-state index in [0.29, 0.717) is 11.6 Å². The maximum atomic E-state index is 5.95. The van der Waals surface area contributed by atoms with Gasteiger partial charge in [0.05, 0.1) is 18.6 Å². The quantitative estimate of drug-likeness (QED) is 0.506. The summed E-state index contributed by atoms with van der Waals surface area (Å²) < 4.78 is 5.95. The highest BCUT2D eigenvalue weighted by Crippen LogP contribution is 2.53. The second-order valence-electron chi connectivity index (χ2n) is 7.25. The highest BCUT2D eigenvalue weighted by molar-refractivity contribution is 5.47. The molecule has 0 amide bonds. The van der Waals surface area contributed by atoms with Crippen LogP contribution in [-0.4, -0.2) is 20.0 Å². The summed E-state index contributed by atoms with van der Waals surface area (Å²) in [5.74, 6) is 2.14. The number of hydrogen-bond donors (Lipinski definition) is 0. The van der Waals surface area contributed by atoms with Crippen molar-refractivity contribution in [3.05, 3.63) is 95.9 Å².